The zero-order chi connectivity index (χ0) is 15.5. The third-order valence-electron chi connectivity index (χ3n) is 4.07. The number of carbonyl (C=O) groups is 2. The molecule has 2 aromatic carbocycles. The molecule has 0 aromatic heterocycles. The SMILES string of the molecule is O=C([O-])[C@H]1CC(=O)N(Cc2ccccc2)[C@H]1c1ccccc1. The van der Waals surface area contributed by atoms with Crippen LogP contribution in [0.15, 0.2) is 60.7 Å². The molecule has 4 heteroatoms. The molecule has 0 spiro atoms. The maximum absolute atomic E-state index is 12.3. The van der Waals surface area contributed by atoms with Gasteiger partial charge in [0, 0.05) is 24.9 Å². The van der Waals surface area contributed by atoms with Gasteiger partial charge in [0.05, 0.1) is 6.04 Å². The van der Waals surface area contributed by atoms with Gasteiger partial charge in [0.2, 0.25) is 5.91 Å². The molecule has 22 heavy (non-hydrogen) atoms. The van der Waals surface area contributed by atoms with Crippen molar-refractivity contribution in [3.05, 3.63) is 71.8 Å². The standard InChI is InChI=1S/C18H17NO3/c20-16-11-15(18(21)22)17(14-9-5-2-6-10-14)19(16)12-13-7-3-1-4-8-13/h1-10,15,17H,11-12H2,(H,21,22)/p-1/t15-,17-/m0/s1. The van der Waals surface area contributed by atoms with Crippen molar-refractivity contribution in [1.29, 1.82) is 0 Å². The lowest BCUT2D eigenvalue weighted by molar-refractivity contribution is -0.312. The predicted octanol–water partition coefficient (Wildman–Crippen LogP) is 1.53. The Labute approximate surface area is 129 Å². The molecule has 0 unspecified atom stereocenters. The number of carbonyl (C=O) groups excluding carboxylic acids is 2. The average molecular weight is 294 g/mol. The van der Waals surface area contributed by atoms with E-state index in [0.717, 1.165) is 11.1 Å². The fraction of sp³-hybridized carbons (Fsp3) is 0.222. The fourth-order valence-electron chi connectivity index (χ4n) is 3.03. The van der Waals surface area contributed by atoms with Crippen LogP contribution in [0.5, 0.6) is 0 Å². The molecule has 1 fully saturated rings. The van der Waals surface area contributed by atoms with Crippen LogP contribution in [0.4, 0.5) is 0 Å². The summed E-state index contributed by atoms with van der Waals surface area (Å²) in [5.74, 6) is -2.12. The minimum atomic E-state index is -1.17. The Morgan fingerprint density at radius 3 is 2.23 bits per heavy atom. The van der Waals surface area contributed by atoms with Gasteiger partial charge in [-0.05, 0) is 11.1 Å². The van der Waals surface area contributed by atoms with Crippen LogP contribution < -0.4 is 5.11 Å². The number of carboxylic acids is 1. The van der Waals surface area contributed by atoms with Crippen LogP contribution in [0.1, 0.15) is 23.6 Å². The first kappa shape index (κ1) is 14.3. The average Bonchev–Trinajstić information content (AvgIpc) is 2.86. The van der Waals surface area contributed by atoms with Crippen LogP contribution in [0.3, 0.4) is 0 Å². The van der Waals surface area contributed by atoms with E-state index in [1.807, 2.05) is 60.7 Å². The quantitative estimate of drug-likeness (QED) is 0.859. The predicted molar refractivity (Wildman–Crippen MR) is 79.3 cm³/mol. The lowest BCUT2D eigenvalue weighted by Crippen LogP contribution is -2.36. The minimum absolute atomic E-state index is 0.00523. The summed E-state index contributed by atoms with van der Waals surface area (Å²) in [4.78, 5) is 25.4. The van der Waals surface area contributed by atoms with Gasteiger partial charge in [-0.25, -0.2) is 0 Å². The van der Waals surface area contributed by atoms with E-state index in [2.05, 4.69) is 0 Å². The van der Waals surface area contributed by atoms with Gasteiger partial charge in [-0.2, -0.15) is 0 Å². The Hall–Kier alpha value is -2.62. The Balaban J connectivity index is 1.95. The highest BCUT2D eigenvalue weighted by molar-refractivity contribution is 5.86. The molecule has 1 aliphatic rings. The van der Waals surface area contributed by atoms with E-state index in [-0.39, 0.29) is 12.3 Å². The number of hydrogen-bond donors (Lipinski definition) is 0. The Morgan fingerprint density at radius 2 is 1.64 bits per heavy atom. The first-order valence-corrected chi connectivity index (χ1v) is 7.26. The maximum atomic E-state index is 12.3. The van der Waals surface area contributed by atoms with E-state index in [9.17, 15) is 14.7 Å². The van der Waals surface area contributed by atoms with Crippen LogP contribution in [0.2, 0.25) is 0 Å². The second-order valence-electron chi connectivity index (χ2n) is 5.49. The molecule has 3 rings (SSSR count). The molecule has 0 bridgehead atoms. The molecule has 0 radical (unpaired) electrons. The summed E-state index contributed by atoms with van der Waals surface area (Å²) in [6.07, 6.45) is -0.00523. The van der Waals surface area contributed by atoms with Gasteiger partial charge in [-0.15, -0.1) is 0 Å². The lowest BCUT2D eigenvalue weighted by Gasteiger charge is -2.29. The Morgan fingerprint density at radius 1 is 1.05 bits per heavy atom. The summed E-state index contributed by atoms with van der Waals surface area (Å²) in [6, 6.07) is 18.4. The maximum Gasteiger partial charge on any atom is 0.224 e. The molecule has 1 amide bonds. The van der Waals surface area contributed by atoms with Gasteiger partial charge in [-0.1, -0.05) is 60.7 Å². The van der Waals surface area contributed by atoms with Gasteiger partial charge < -0.3 is 14.8 Å². The van der Waals surface area contributed by atoms with E-state index in [1.165, 1.54) is 0 Å². The van der Waals surface area contributed by atoms with Crippen LogP contribution in [0, 0.1) is 5.92 Å². The normalized spacial score (nSPS) is 21.1. The zero-order valence-electron chi connectivity index (χ0n) is 12.0. The largest absolute Gasteiger partial charge is 0.550 e. The molecular weight excluding hydrogens is 278 g/mol. The molecule has 4 nitrogen and oxygen atoms in total. The van der Waals surface area contributed by atoms with Crippen molar-refractivity contribution in [3.8, 4) is 0 Å². The summed E-state index contributed by atoms with van der Waals surface area (Å²) in [5.41, 5.74) is 1.81. The molecule has 2 atom stereocenters. The highest BCUT2D eigenvalue weighted by Crippen LogP contribution is 2.38. The van der Waals surface area contributed by atoms with E-state index < -0.39 is 17.9 Å². The van der Waals surface area contributed by atoms with Crippen molar-refractivity contribution in [1.82, 2.24) is 4.90 Å². The van der Waals surface area contributed by atoms with Gasteiger partial charge in [0.25, 0.3) is 0 Å². The van der Waals surface area contributed by atoms with E-state index >= 15 is 0 Å². The van der Waals surface area contributed by atoms with Gasteiger partial charge >= 0.3 is 0 Å². The molecule has 2 aromatic rings. The molecule has 1 saturated heterocycles. The number of amides is 1. The third-order valence-corrected chi connectivity index (χ3v) is 4.07. The number of rotatable bonds is 4. The van der Waals surface area contributed by atoms with Crippen molar-refractivity contribution in [3.63, 3.8) is 0 Å². The van der Waals surface area contributed by atoms with Gasteiger partial charge in [0.1, 0.15) is 0 Å². The summed E-state index contributed by atoms with van der Waals surface area (Å²) in [6.45, 7) is 0.406. The molecule has 0 aliphatic carbocycles. The molecule has 1 heterocycles. The number of aliphatic carboxylic acids is 1. The summed E-state index contributed by atoms with van der Waals surface area (Å²) >= 11 is 0. The van der Waals surface area contributed by atoms with E-state index in [0.29, 0.717) is 6.54 Å². The molecule has 0 saturated carbocycles. The van der Waals surface area contributed by atoms with Crippen LogP contribution in [-0.4, -0.2) is 16.8 Å². The first-order valence-electron chi connectivity index (χ1n) is 7.26. The second-order valence-corrected chi connectivity index (χ2v) is 5.49. The highest BCUT2D eigenvalue weighted by atomic mass is 16.4. The van der Waals surface area contributed by atoms with Crippen molar-refractivity contribution in [2.24, 2.45) is 5.92 Å². The summed E-state index contributed by atoms with van der Waals surface area (Å²) in [5, 5.41) is 11.4. The van der Waals surface area contributed by atoms with Crippen molar-refractivity contribution in [2.75, 3.05) is 0 Å². The van der Waals surface area contributed by atoms with Crippen molar-refractivity contribution >= 4 is 11.9 Å². The van der Waals surface area contributed by atoms with Crippen LogP contribution >= 0.6 is 0 Å². The van der Waals surface area contributed by atoms with Gasteiger partial charge in [0.15, 0.2) is 0 Å². The number of hydrogen-bond acceptors (Lipinski definition) is 3. The van der Waals surface area contributed by atoms with E-state index in [1.54, 1.807) is 4.90 Å². The van der Waals surface area contributed by atoms with E-state index in [4.69, 9.17) is 0 Å². The number of carboxylic acid groups (broad SMARTS) is 1. The highest BCUT2D eigenvalue weighted by Gasteiger charge is 2.41. The van der Waals surface area contributed by atoms with Crippen LogP contribution in [-0.2, 0) is 16.1 Å². The van der Waals surface area contributed by atoms with Crippen LogP contribution in [0.25, 0.3) is 0 Å². The molecular formula is C18H16NO3-. The number of nitrogens with zero attached hydrogens (tertiary/aromatic N) is 1. The minimum Gasteiger partial charge on any atom is -0.550 e. The second kappa shape index (κ2) is 6.02. The summed E-state index contributed by atoms with van der Waals surface area (Å²) < 4.78 is 0. The van der Waals surface area contributed by atoms with Gasteiger partial charge in [-0.3, -0.25) is 4.79 Å². The molecule has 112 valence electrons. The fourth-order valence-corrected chi connectivity index (χ4v) is 3.03. The summed E-state index contributed by atoms with van der Waals surface area (Å²) in [7, 11) is 0. The smallest absolute Gasteiger partial charge is 0.224 e. The molecule has 0 N–H and O–H groups in total. The monoisotopic (exact) mass is 294 g/mol. The number of benzene rings is 2. The van der Waals surface area contributed by atoms with Crippen molar-refractivity contribution < 1.29 is 14.7 Å². The lowest BCUT2D eigenvalue weighted by atomic mass is 9.93. The van der Waals surface area contributed by atoms with Crippen molar-refractivity contribution in [2.45, 2.75) is 19.0 Å². The number of likely N-dealkylation sites (tertiary alicyclic amines) is 1. The first-order chi connectivity index (χ1) is 10.7. The topological polar surface area (TPSA) is 60.4 Å². The zero-order valence-corrected chi connectivity index (χ0v) is 12.0. The Bertz CT molecular complexity index is 669. The Kier molecular flexibility index (Phi) is 3.92. The molecule has 1 aliphatic heterocycles. The third kappa shape index (κ3) is 2.72.